The number of nitrogens with one attached hydrogen (secondary N) is 1. The van der Waals surface area contributed by atoms with Gasteiger partial charge in [-0.2, -0.15) is 0 Å². The molecule has 2 rings (SSSR count). The predicted molar refractivity (Wildman–Crippen MR) is 84.0 cm³/mol. The van der Waals surface area contributed by atoms with Gasteiger partial charge < -0.3 is 10.4 Å². The number of nitrogens with zero attached hydrogens (tertiary/aromatic N) is 1. The Bertz CT molecular complexity index is 534. The lowest BCUT2D eigenvalue weighted by Gasteiger charge is -2.20. The Kier molecular flexibility index (Phi) is 6.18. The zero-order valence-corrected chi connectivity index (χ0v) is 13.1. The maximum atomic E-state index is 12.1. The number of hydrogen-bond donors (Lipinski definition) is 2. The molecule has 21 heavy (non-hydrogen) atoms. The van der Waals surface area contributed by atoms with Crippen LogP contribution in [0, 0.1) is 13.8 Å². The van der Waals surface area contributed by atoms with E-state index in [1.165, 1.54) is 0 Å². The third-order valence-electron chi connectivity index (χ3n) is 3.87. The highest BCUT2D eigenvalue weighted by Crippen LogP contribution is 2.19. The Balaban J connectivity index is 0.00000220. The van der Waals surface area contributed by atoms with E-state index >= 15 is 0 Å². The van der Waals surface area contributed by atoms with Gasteiger partial charge in [0.1, 0.15) is 6.04 Å². The molecule has 1 atom stereocenters. The molecule has 1 aliphatic heterocycles. The fraction of sp³-hybridized carbons (Fsp3) is 0.467. The predicted octanol–water partition coefficient (Wildman–Crippen LogP) is 2.21. The van der Waals surface area contributed by atoms with Crippen LogP contribution >= 0.6 is 12.4 Å². The average Bonchev–Trinajstić information content (AvgIpc) is 2.83. The van der Waals surface area contributed by atoms with Crippen molar-refractivity contribution < 1.29 is 14.7 Å². The highest BCUT2D eigenvalue weighted by atomic mass is 35.5. The first kappa shape index (κ1) is 17.5. The minimum atomic E-state index is -0.845. The quantitative estimate of drug-likeness (QED) is 0.894. The Hall–Kier alpha value is -1.59. The molecule has 5 nitrogen and oxygen atoms in total. The van der Waals surface area contributed by atoms with Crippen LogP contribution in [-0.4, -0.2) is 41.0 Å². The minimum absolute atomic E-state index is 0. The molecule has 0 radical (unpaired) electrons. The number of carboxylic acid groups (broad SMARTS) is 1. The number of amides is 1. The van der Waals surface area contributed by atoms with E-state index in [0.717, 1.165) is 23.2 Å². The summed E-state index contributed by atoms with van der Waals surface area (Å²) >= 11 is 0. The van der Waals surface area contributed by atoms with Crippen LogP contribution in [0.15, 0.2) is 18.2 Å². The van der Waals surface area contributed by atoms with Crippen LogP contribution in [0.25, 0.3) is 0 Å². The summed E-state index contributed by atoms with van der Waals surface area (Å²) < 4.78 is 0. The molecule has 1 amide bonds. The molecule has 0 saturated carbocycles. The summed E-state index contributed by atoms with van der Waals surface area (Å²) in [5.74, 6) is -1.01. The van der Waals surface area contributed by atoms with Gasteiger partial charge in [0.15, 0.2) is 0 Å². The molecular formula is C15H21ClN2O3. The summed E-state index contributed by atoms with van der Waals surface area (Å²) in [5, 5.41) is 12.0. The van der Waals surface area contributed by atoms with E-state index in [9.17, 15) is 9.59 Å². The second-order valence-corrected chi connectivity index (χ2v) is 5.26. The summed E-state index contributed by atoms with van der Waals surface area (Å²) in [7, 11) is 0. The molecule has 2 N–H and O–H groups in total. The third-order valence-corrected chi connectivity index (χ3v) is 3.87. The van der Waals surface area contributed by atoms with Gasteiger partial charge in [0, 0.05) is 5.69 Å². The largest absolute Gasteiger partial charge is 0.480 e. The first-order chi connectivity index (χ1) is 9.49. The zero-order valence-electron chi connectivity index (χ0n) is 12.3. The smallest absolute Gasteiger partial charge is 0.320 e. The van der Waals surface area contributed by atoms with Gasteiger partial charge in [-0.05, 0) is 50.4 Å². The molecule has 1 fully saturated rings. The van der Waals surface area contributed by atoms with E-state index in [2.05, 4.69) is 5.32 Å². The monoisotopic (exact) mass is 312 g/mol. The van der Waals surface area contributed by atoms with Gasteiger partial charge in [0.2, 0.25) is 5.91 Å². The number of carbonyl (C=O) groups is 2. The summed E-state index contributed by atoms with van der Waals surface area (Å²) in [6, 6.07) is 5.22. The van der Waals surface area contributed by atoms with Crippen molar-refractivity contribution in [3.63, 3.8) is 0 Å². The number of carbonyl (C=O) groups excluding carboxylic acids is 1. The molecule has 1 aromatic rings. The number of rotatable bonds is 4. The van der Waals surface area contributed by atoms with Crippen LogP contribution in [0.2, 0.25) is 0 Å². The van der Waals surface area contributed by atoms with Crippen molar-refractivity contribution in [1.29, 1.82) is 0 Å². The zero-order chi connectivity index (χ0) is 14.7. The van der Waals surface area contributed by atoms with Crippen LogP contribution < -0.4 is 5.32 Å². The number of likely N-dealkylation sites (tertiary alicyclic amines) is 1. The van der Waals surface area contributed by atoms with E-state index < -0.39 is 12.0 Å². The van der Waals surface area contributed by atoms with Gasteiger partial charge in [-0.25, -0.2) is 0 Å². The highest BCUT2D eigenvalue weighted by Gasteiger charge is 2.31. The van der Waals surface area contributed by atoms with E-state index in [4.69, 9.17) is 5.11 Å². The molecule has 1 aliphatic rings. The highest BCUT2D eigenvalue weighted by molar-refractivity contribution is 5.93. The normalized spacial score (nSPS) is 18.1. The standard InChI is InChI=1S/C15H20N2O3.ClH/c1-10-5-3-6-12(11(10)2)16-14(18)9-17-8-4-7-13(17)15(19)20;/h3,5-6,13H,4,7-9H2,1-2H3,(H,16,18)(H,19,20);1H. The summed E-state index contributed by atoms with van der Waals surface area (Å²) in [4.78, 5) is 24.9. The molecule has 1 saturated heterocycles. The van der Waals surface area contributed by atoms with Crippen LogP contribution in [0.4, 0.5) is 5.69 Å². The molecule has 0 aliphatic carbocycles. The number of aliphatic carboxylic acids is 1. The van der Waals surface area contributed by atoms with Crippen molar-refractivity contribution in [3.05, 3.63) is 29.3 Å². The van der Waals surface area contributed by atoms with Gasteiger partial charge in [-0.15, -0.1) is 12.4 Å². The Labute approximate surface area is 130 Å². The van der Waals surface area contributed by atoms with Crippen LogP contribution in [0.3, 0.4) is 0 Å². The van der Waals surface area contributed by atoms with Crippen LogP contribution in [0.1, 0.15) is 24.0 Å². The number of hydrogen-bond acceptors (Lipinski definition) is 3. The lowest BCUT2D eigenvalue weighted by atomic mass is 10.1. The summed E-state index contributed by atoms with van der Waals surface area (Å²) in [6.07, 6.45) is 1.44. The number of halogens is 1. The lowest BCUT2D eigenvalue weighted by molar-refractivity contribution is -0.142. The summed E-state index contributed by atoms with van der Waals surface area (Å²) in [5.41, 5.74) is 2.95. The number of anilines is 1. The fourth-order valence-electron chi connectivity index (χ4n) is 2.56. The fourth-order valence-corrected chi connectivity index (χ4v) is 2.56. The topological polar surface area (TPSA) is 69.6 Å². The first-order valence-electron chi connectivity index (χ1n) is 6.82. The van der Waals surface area contributed by atoms with Gasteiger partial charge in [-0.3, -0.25) is 14.5 Å². The third kappa shape index (κ3) is 4.19. The molecule has 1 heterocycles. The second kappa shape index (κ2) is 7.43. The molecule has 116 valence electrons. The van der Waals surface area contributed by atoms with Crippen molar-refractivity contribution in [1.82, 2.24) is 4.90 Å². The van der Waals surface area contributed by atoms with Crippen molar-refractivity contribution in [2.45, 2.75) is 32.7 Å². The molecule has 0 bridgehead atoms. The van der Waals surface area contributed by atoms with Gasteiger partial charge in [-0.1, -0.05) is 12.1 Å². The van der Waals surface area contributed by atoms with Gasteiger partial charge >= 0.3 is 5.97 Å². The Morgan fingerprint density at radius 1 is 1.38 bits per heavy atom. The first-order valence-corrected chi connectivity index (χ1v) is 6.82. The molecule has 6 heteroatoms. The molecule has 0 aromatic heterocycles. The Morgan fingerprint density at radius 2 is 2.10 bits per heavy atom. The maximum absolute atomic E-state index is 12.1. The van der Waals surface area contributed by atoms with Crippen molar-refractivity contribution in [3.8, 4) is 0 Å². The summed E-state index contributed by atoms with van der Waals surface area (Å²) in [6.45, 7) is 4.74. The molecule has 1 unspecified atom stereocenters. The van der Waals surface area contributed by atoms with Gasteiger partial charge in [0.05, 0.1) is 6.54 Å². The maximum Gasteiger partial charge on any atom is 0.320 e. The van der Waals surface area contributed by atoms with Crippen LogP contribution in [0.5, 0.6) is 0 Å². The number of aryl methyl sites for hydroxylation is 1. The van der Waals surface area contributed by atoms with E-state index in [-0.39, 0.29) is 24.9 Å². The van der Waals surface area contributed by atoms with E-state index in [1.54, 1.807) is 4.90 Å². The lowest BCUT2D eigenvalue weighted by Crippen LogP contribution is -2.41. The SMILES string of the molecule is Cc1cccc(NC(=O)CN2CCCC2C(=O)O)c1C.Cl. The second-order valence-electron chi connectivity index (χ2n) is 5.26. The Morgan fingerprint density at radius 3 is 2.76 bits per heavy atom. The van der Waals surface area contributed by atoms with Crippen molar-refractivity contribution >= 4 is 30.0 Å². The van der Waals surface area contributed by atoms with Gasteiger partial charge in [0.25, 0.3) is 0 Å². The molecule has 1 aromatic carbocycles. The molecule has 0 spiro atoms. The molecular weight excluding hydrogens is 292 g/mol. The van der Waals surface area contributed by atoms with E-state index in [1.807, 2.05) is 32.0 Å². The van der Waals surface area contributed by atoms with Crippen LogP contribution in [-0.2, 0) is 9.59 Å². The minimum Gasteiger partial charge on any atom is -0.480 e. The van der Waals surface area contributed by atoms with Crippen molar-refractivity contribution in [2.24, 2.45) is 0 Å². The number of carboxylic acids is 1. The van der Waals surface area contributed by atoms with Crippen molar-refractivity contribution in [2.75, 3.05) is 18.4 Å². The van der Waals surface area contributed by atoms with E-state index in [0.29, 0.717) is 13.0 Å². The average molecular weight is 313 g/mol. The number of benzene rings is 1.